The molecule has 2 aromatic carbocycles. The molecule has 33 heavy (non-hydrogen) atoms. The molecule has 0 aromatic heterocycles. The molecule has 1 saturated heterocycles. The van der Waals surface area contributed by atoms with Crippen LogP contribution in [0.1, 0.15) is 41.5 Å². The molecule has 2 N–H and O–H groups in total. The van der Waals surface area contributed by atoms with Gasteiger partial charge in [-0.15, -0.1) is 12.4 Å². The normalized spacial score (nSPS) is 20.6. The largest absolute Gasteiger partial charge is 0.416 e. The van der Waals surface area contributed by atoms with Crippen molar-refractivity contribution in [1.29, 1.82) is 0 Å². The molecule has 4 rings (SSSR count). The molecule has 1 heterocycles. The average Bonchev–Trinajstić information content (AvgIpc) is 3.60. The van der Waals surface area contributed by atoms with E-state index in [0.717, 1.165) is 37.1 Å². The van der Waals surface area contributed by atoms with Crippen LogP contribution in [0.4, 0.5) is 18.9 Å². The molecular formula is C25H31ClF3N3O. The second kappa shape index (κ2) is 10.3. The number of hydrogen-bond acceptors (Lipinski definition) is 3. The summed E-state index contributed by atoms with van der Waals surface area (Å²) in [7, 11) is 0. The summed E-state index contributed by atoms with van der Waals surface area (Å²) >= 11 is 0. The van der Waals surface area contributed by atoms with Crippen molar-refractivity contribution < 1.29 is 18.0 Å². The zero-order valence-electron chi connectivity index (χ0n) is 18.9. The third-order valence-electron chi connectivity index (χ3n) is 6.67. The lowest BCUT2D eigenvalue weighted by molar-refractivity contribution is -0.138. The summed E-state index contributed by atoms with van der Waals surface area (Å²) in [6.45, 7) is 5.97. The first-order valence-electron chi connectivity index (χ1n) is 11.2. The monoisotopic (exact) mass is 481 g/mol. The molecule has 1 aliphatic carbocycles. The van der Waals surface area contributed by atoms with E-state index in [1.165, 1.54) is 17.2 Å². The molecule has 2 unspecified atom stereocenters. The van der Waals surface area contributed by atoms with Gasteiger partial charge in [-0.1, -0.05) is 24.3 Å². The smallest absolute Gasteiger partial charge is 0.381 e. The van der Waals surface area contributed by atoms with E-state index in [2.05, 4.69) is 36.6 Å². The summed E-state index contributed by atoms with van der Waals surface area (Å²) in [5.41, 5.74) is 3.27. The predicted octanol–water partition coefficient (Wildman–Crippen LogP) is 5.33. The van der Waals surface area contributed by atoms with Crippen molar-refractivity contribution in [1.82, 2.24) is 10.2 Å². The van der Waals surface area contributed by atoms with Gasteiger partial charge in [0.05, 0.1) is 11.5 Å². The summed E-state index contributed by atoms with van der Waals surface area (Å²) in [6.07, 6.45) is -1.71. The van der Waals surface area contributed by atoms with Crippen LogP contribution in [0.15, 0.2) is 42.5 Å². The Morgan fingerprint density at radius 2 is 1.85 bits per heavy atom. The van der Waals surface area contributed by atoms with Crippen molar-refractivity contribution >= 4 is 24.0 Å². The maximum absolute atomic E-state index is 13.7. The van der Waals surface area contributed by atoms with Crippen LogP contribution in [0.5, 0.6) is 0 Å². The number of aryl methyl sites for hydroxylation is 1. The number of rotatable bonds is 6. The molecule has 0 spiro atoms. The lowest BCUT2D eigenvalue weighted by atomic mass is 9.91. The standard InChI is InChI=1S/C25H30F3N3O.ClH/c1-16-5-3-6-18(17(16)2)15-31(21-9-10-21)24(32)22-14-29-12-11-23(22)30-20-8-4-7-19(13-20)25(26,27)28;/h3-8,13,21-23,29-30H,9-12,14-15H2,1-2H3;1H. The third-order valence-corrected chi connectivity index (χ3v) is 6.67. The average molecular weight is 482 g/mol. The van der Waals surface area contributed by atoms with Gasteiger partial charge in [0.1, 0.15) is 0 Å². The number of carbonyl (C=O) groups excluding carboxylic acids is 1. The highest BCUT2D eigenvalue weighted by Gasteiger charge is 2.40. The van der Waals surface area contributed by atoms with Crippen molar-refractivity contribution in [3.05, 3.63) is 64.7 Å². The predicted molar refractivity (Wildman–Crippen MR) is 127 cm³/mol. The number of carbonyl (C=O) groups is 1. The molecule has 2 atom stereocenters. The number of benzene rings is 2. The van der Waals surface area contributed by atoms with Crippen LogP contribution in [-0.4, -0.2) is 36.0 Å². The highest BCUT2D eigenvalue weighted by Crippen LogP contribution is 2.34. The van der Waals surface area contributed by atoms with E-state index < -0.39 is 11.7 Å². The molecule has 2 aliphatic rings. The summed E-state index contributed by atoms with van der Waals surface area (Å²) in [4.78, 5) is 15.7. The SMILES string of the molecule is Cc1cccc(CN(C(=O)C2CNCCC2Nc2cccc(C(F)(F)F)c2)C2CC2)c1C.Cl. The summed E-state index contributed by atoms with van der Waals surface area (Å²) < 4.78 is 39.4. The van der Waals surface area contributed by atoms with E-state index in [4.69, 9.17) is 0 Å². The van der Waals surface area contributed by atoms with Gasteiger partial charge in [-0.05, 0) is 74.5 Å². The fourth-order valence-corrected chi connectivity index (χ4v) is 4.44. The number of nitrogens with zero attached hydrogens (tertiary/aromatic N) is 1. The Kier molecular flexibility index (Phi) is 7.96. The Balaban J connectivity index is 0.00000306. The highest BCUT2D eigenvalue weighted by atomic mass is 35.5. The van der Waals surface area contributed by atoms with E-state index >= 15 is 0 Å². The van der Waals surface area contributed by atoms with Crippen LogP contribution in [0.3, 0.4) is 0 Å². The minimum absolute atomic E-state index is 0. The number of nitrogens with one attached hydrogen (secondary N) is 2. The molecule has 2 aromatic rings. The Hall–Kier alpha value is -2.25. The van der Waals surface area contributed by atoms with Crippen molar-refractivity contribution in [3.63, 3.8) is 0 Å². The van der Waals surface area contributed by atoms with Crippen LogP contribution < -0.4 is 10.6 Å². The Morgan fingerprint density at radius 1 is 1.12 bits per heavy atom. The molecule has 180 valence electrons. The van der Waals surface area contributed by atoms with E-state index in [0.29, 0.717) is 25.2 Å². The number of amides is 1. The number of anilines is 1. The lowest BCUT2D eigenvalue weighted by Crippen LogP contribution is -2.52. The first-order chi connectivity index (χ1) is 15.2. The van der Waals surface area contributed by atoms with Crippen LogP contribution in [0.25, 0.3) is 0 Å². The summed E-state index contributed by atoms with van der Waals surface area (Å²) in [5.74, 6) is -0.255. The second-order valence-corrected chi connectivity index (χ2v) is 8.99. The van der Waals surface area contributed by atoms with Gasteiger partial charge in [-0.3, -0.25) is 4.79 Å². The van der Waals surface area contributed by atoms with E-state index in [-0.39, 0.29) is 36.3 Å². The van der Waals surface area contributed by atoms with Crippen LogP contribution in [-0.2, 0) is 17.5 Å². The molecule has 8 heteroatoms. The van der Waals surface area contributed by atoms with Gasteiger partial charge in [-0.2, -0.15) is 13.2 Å². The number of halogens is 4. The van der Waals surface area contributed by atoms with Gasteiger partial charge in [0.25, 0.3) is 0 Å². The fourth-order valence-electron chi connectivity index (χ4n) is 4.44. The number of piperidine rings is 1. The fraction of sp³-hybridized carbons (Fsp3) is 0.480. The Bertz CT molecular complexity index is 978. The quantitative estimate of drug-likeness (QED) is 0.586. The number of hydrogen-bond donors (Lipinski definition) is 2. The van der Waals surface area contributed by atoms with Gasteiger partial charge in [-0.25, -0.2) is 0 Å². The van der Waals surface area contributed by atoms with Crippen molar-refractivity contribution in [2.75, 3.05) is 18.4 Å². The lowest BCUT2D eigenvalue weighted by Gasteiger charge is -2.36. The molecule has 1 saturated carbocycles. The Morgan fingerprint density at radius 3 is 2.55 bits per heavy atom. The van der Waals surface area contributed by atoms with Crippen LogP contribution in [0.2, 0.25) is 0 Å². The minimum Gasteiger partial charge on any atom is -0.381 e. The molecular weight excluding hydrogens is 451 g/mol. The molecule has 1 aliphatic heterocycles. The van der Waals surface area contributed by atoms with Crippen molar-refractivity contribution in [3.8, 4) is 0 Å². The zero-order chi connectivity index (χ0) is 22.9. The zero-order valence-corrected chi connectivity index (χ0v) is 19.7. The van der Waals surface area contributed by atoms with Gasteiger partial charge < -0.3 is 15.5 Å². The minimum atomic E-state index is -4.39. The molecule has 2 fully saturated rings. The molecule has 1 amide bonds. The summed E-state index contributed by atoms with van der Waals surface area (Å²) in [5, 5.41) is 6.53. The Labute approximate surface area is 199 Å². The summed E-state index contributed by atoms with van der Waals surface area (Å²) in [6, 6.07) is 11.4. The maximum atomic E-state index is 13.7. The van der Waals surface area contributed by atoms with E-state index in [1.54, 1.807) is 6.07 Å². The first-order valence-corrected chi connectivity index (χ1v) is 11.2. The van der Waals surface area contributed by atoms with Gasteiger partial charge in [0.2, 0.25) is 5.91 Å². The van der Waals surface area contributed by atoms with Gasteiger partial charge in [0.15, 0.2) is 0 Å². The van der Waals surface area contributed by atoms with Crippen LogP contribution in [0, 0.1) is 19.8 Å². The second-order valence-electron chi connectivity index (χ2n) is 8.99. The van der Waals surface area contributed by atoms with Gasteiger partial charge >= 0.3 is 6.18 Å². The molecule has 0 radical (unpaired) electrons. The first kappa shape index (κ1) is 25.4. The topological polar surface area (TPSA) is 44.4 Å². The van der Waals surface area contributed by atoms with Crippen LogP contribution >= 0.6 is 12.4 Å². The molecule has 0 bridgehead atoms. The van der Waals surface area contributed by atoms with Crippen molar-refractivity contribution in [2.24, 2.45) is 5.92 Å². The van der Waals surface area contributed by atoms with E-state index in [9.17, 15) is 18.0 Å². The number of alkyl halides is 3. The van der Waals surface area contributed by atoms with Crippen molar-refractivity contribution in [2.45, 2.75) is 57.9 Å². The maximum Gasteiger partial charge on any atom is 0.416 e. The van der Waals surface area contributed by atoms with E-state index in [1.807, 2.05) is 11.0 Å². The molecule has 4 nitrogen and oxygen atoms in total. The third kappa shape index (κ3) is 6.01. The highest BCUT2D eigenvalue weighted by molar-refractivity contribution is 5.85. The van der Waals surface area contributed by atoms with Gasteiger partial charge in [0, 0.05) is 30.9 Å².